The minimum Gasteiger partial charge on any atom is -0.427 e. The third-order valence-electron chi connectivity index (χ3n) is 5.99. The second kappa shape index (κ2) is 9.82. The van der Waals surface area contributed by atoms with Crippen molar-refractivity contribution in [3.05, 3.63) is 58.7 Å². The van der Waals surface area contributed by atoms with E-state index in [0.717, 1.165) is 11.5 Å². The molecule has 3 nitrogen and oxygen atoms in total. The summed E-state index contributed by atoms with van der Waals surface area (Å²) in [7, 11) is 2.70. The molecule has 0 heterocycles. The summed E-state index contributed by atoms with van der Waals surface area (Å²) in [6, 6.07) is 13.2. The van der Waals surface area contributed by atoms with Crippen molar-refractivity contribution in [3.8, 4) is 11.5 Å². The molecular weight excluding hydrogens is 437 g/mol. The maximum absolute atomic E-state index is 6.64. The summed E-state index contributed by atoms with van der Waals surface area (Å²) in [5.74, 6) is 1.79. The van der Waals surface area contributed by atoms with Gasteiger partial charge in [-0.1, -0.05) is 107 Å². The van der Waals surface area contributed by atoms with E-state index in [4.69, 9.17) is 9.05 Å². The van der Waals surface area contributed by atoms with Crippen LogP contribution in [0.25, 0.3) is 0 Å². The average Bonchev–Trinajstić information content (AvgIpc) is 2.64. The normalized spacial score (nSPS) is 13.5. The minimum absolute atomic E-state index is 0.0468. The van der Waals surface area contributed by atoms with Gasteiger partial charge in [-0.3, -0.25) is 0 Å². The monoisotopic (exact) mass is 485 g/mol. The standard InChI is InChI=1S/C30H48NO2P/c1-27(2,3)21-15-17-25(23(19-21)29(7,8)9)32-34(31(13)14)33-26-18-16-22(28(4,5)6)20-24(26)30(10,11)12/h15-20H,1-14H3. The third kappa shape index (κ3) is 7.22. The SMILES string of the molecule is CN(C)P(Oc1ccc(C(C)(C)C)cc1C(C)(C)C)Oc1ccc(C(C)(C)C)cc1C(C)(C)C. The lowest BCUT2D eigenvalue weighted by molar-refractivity contribution is 0.404. The molecule has 34 heavy (non-hydrogen) atoms. The lowest BCUT2D eigenvalue weighted by Gasteiger charge is -2.31. The first kappa shape index (κ1) is 28.7. The van der Waals surface area contributed by atoms with Crippen LogP contribution in [0.5, 0.6) is 11.5 Å². The summed E-state index contributed by atoms with van der Waals surface area (Å²) < 4.78 is 15.3. The zero-order valence-corrected chi connectivity index (χ0v) is 25.1. The van der Waals surface area contributed by atoms with Crippen molar-refractivity contribution < 1.29 is 9.05 Å². The Hall–Kier alpha value is -1.57. The van der Waals surface area contributed by atoms with Gasteiger partial charge in [0.05, 0.1) is 0 Å². The second-order valence-electron chi connectivity index (χ2n) is 13.7. The summed E-state index contributed by atoms with van der Waals surface area (Å²) in [6.07, 6.45) is 0. The van der Waals surface area contributed by atoms with Gasteiger partial charge in [-0.25, -0.2) is 4.67 Å². The van der Waals surface area contributed by atoms with Crippen LogP contribution in [-0.4, -0.2) is 18.8 Å². The predicted octanol–water partition coefficient (Wildman–Crippen LogP) is 9.12. The molecule has 0 amide bonds. The van der Waals surface area contributed by atoms with Crippen LogP contribution in [0.3, 0.4) is 0 Å². The van der Waals surface area contributed by atoms with E-state index in [1.165, 1.54) is 22.3 Å². The summed E-state index contributed by atoms with van der Waals surface area (Å²) in [5, 5.41) is 0. The molecule has 0 spiro atoms. The van der Waals surface area contributed by atoms with Crippen molar-refractivity contribution in [3.63, 3.8) is 0 Å². The fraction of sp³-hybridized carbons (Fsp3) is 0.600. The van der Waals surface area contributed by atoms with E-state index in [1.807, 2.05) is 18.8 Å². The maximum atomic E-state index is 6.64. The van der Waals surface area contributed by atoms with Crippen LogP contribution in [0.2, 0.25) is 0 Å². The van der Waals surface area contributed by atoms with Crippen molar-refractivity contribution in [2.75, 3.05) is 14.1 Å². The Kier molecular flexibility index (Phi) is 8.28. The lowest BCUT2D eigenvalue weighted by Crippen LogP contribution is -2.20. The molecule has 2 aromatic rings. The molecule has 0 saturated carbocycles. The topological polar surface area (TPSA) is 21.7 Å². The van der Waals surface area contributed by atoms with Crippen LogP contribution in [0.4, 0.5) is 0 Å². The minimum atomic E-state index is -1.34. The van der Waals surface area contributed by atoms with E-state index in [1.54, 1.807) is 0 Å². The van der Waals surface area contributed by atoms with Crippen molar-refractivity contribution in [1.29, 1.82) is 0 Å². The molecule has 0 bridgehead atoms. The Bertz CT molecular complexity index is 905. The quantitative estimate of drug-likeness (QED) is 0.394. The first-order valence-corrected chi connectivity index (χ1v) is 13.5. The largest absolute Gasteiger partial charge is 0.427 e. The summed E-state index contributed by atoms with van der Waals surface area (Å²) in [5.41, 5.74) is 5.10. The number of rotatable bonds is 5. The molecule has 0 N–H and O–H groups in total. The van der Waals surface area contributed by atoms with Crippen molar-refractivity contribution in [1.82, 2.24) is 4.67 Å². The summed E-state index contributed by atoms with van der Waals surface area (Å²) in [4.78, 5) is 0. The van der Waals surface area contributed by atoms with Crippen LogP contribution < -0.4 is 9.05 Å². The molecule has 0 aliphatic carbocycles. The molecule has 0 radical (unpaired) electrons. The molecule has 0 aliphatic heterocycles. The van der Waals surface area contributed by atoms with E-state index in [9.17, 15) is 0 Å². The third-order valence-corrected chi connectivity index (χ3v) is 7.35. The average molecular weight is 486 g/mol. The van der Waals surface area contributed by atoms with E-state index in [-0.39, 0.29) is 21.7 Å². The molecule has 2 rings (SSSR count). The van der Waals surface area contributed by atoms with E-state index >= 15 is 0 Å². The predicted molar refractivity (Wildman–Crippen MR) is 150 cm³/mol. The highest BCUT2D eigenvalue weighted by molar-refractivity contribution is 7.45. The van der Waals surface area contributed by atoms with Crippen molar-refractivity contribution in [2.45, 2.75) is 105 Å². The molecule has 4 heteroatoms. The number of hydrogen-bond acceptors (Lipinski definition) is 3. The number of benzene rings is 2. The smallest absolute Gasteiger partial charge is 0.384 e. The fourth-order valence-electron chi connectivity index (χ4n) is 3.67. The summed E-state index contributed by atoms with van der Waals surface area (Å²) in [6.45, 7) is 26.9. The van der Waals surface area contributed by atoms with Crippen LogP contribution in [0, 0.1) is 0 Å². The lowest BCUT2D eigenvalue weighted by atomic mass is 9.80. The van der Waals surface area contributed by atoms with Gasteiger partial charge in [-0.2, -0.15) is 0 Å². The van der Waals surface area contributed by atoms with Crippen molar-refractivity contribution in [2.24, 2.45) is 0 Å². The van der Waals surface area contributed by atoms with Gasteiger partial charge in [0, 0.05) is 11.1 Å². The summed E-state index contributed by atoms with van der Waals surface area (Å²) >= 11 is 0. The van der Waals surface area contributed by atoms with Gasteiger partial charge in [0.25, 0.3) is 0 Å². The van der Waals surface area contributed by atoms with Crippen LogP contribution in [-0.2, 0) is 21.7 Å². The van der Waals surface area contributed by atoms with Gasteiger partial charge >= 0.3 is 8.53 Å². The van der Waals surface area contributed by atoms with Gasteiger partial charge in [0.1, 0.15) is 11.5 Å². The molecule has 0 fully saturated rings. The van der Waals surface area contributed by atoms with E-state index in [2.05, 4.69) is 119 Å². The Morgan fingerprint density at radius 2 is 0.853 bits per heavy atom. The highest BCUT2D eigenvalue weighted by Crippen LogP contribution is 2.48. The second-order valence-corrected chi connectivity index (χ2v) is 15.3. The Morgan fingerprint density at radius 1 is 0.529 bits per heavy atom. The fourth-order valence-corrected chi connectivity index (χ4v) is 4.69. The van der Waals surface area contributed by atoms with Gasteiger partial charge in [0.2, 0.25) is 0 Å². The zero-order chi connectivity index (χ0) is 26.3. The Balaban J connectivity index is 2.51. The molecule has 0 unspecified atom stereocenters. The number of nitrogens with zero attached hydrogens (tertiary/aromatic N) is 1. The van der Waals surface area contributed by atoms with Crippen LogP contribution in [0.15, 0.2) is 36.4 Å². The Labute approximate surface area is 211 Å². The molecule has 190 valence electrons. The molecule has 2 aromatic carbocycles. The van der Waals surface area contributed by atoms with Crippen molar-refractivity contribution >= 4 is 8.53 Å². The Morgan fingerprint density at radius 3 is 1.09 bits per heavy atom. The van der Waals surface area contributed by atoms with Crippen LogP contribution >= 0.6 is 8.53 Å². The van der Waals surface area contributed by atoms with Crippen LogP contribution in [0.1, 0.15) is 105 Å². The highest BCUT2D eigenvalue weighted by atomic mass is 31.2. The molecular formula is C30H48NO2P. The van der Waals surface area contributed by atoms with E-state index < -0.39 is 8.53 Å². The van der Waals surface area contributed by atoms with Gasteiger partial charge in [-0.15, -0.1) is 0 Å². The molecule has 0 aromatic heterocycles. The molecule has 0 atom stereocenters. The van der Waals surface area contributed by atoms with Gasteiger partial charge in [0.15, 0.2) is 0 Å². The first-order chi connectivity index (χ1) is 15.2. The van der Waals surface area contributed by atoms with Gasteiger partial charge in [-0.05, 0) is 59.0 Å². The number of hydrogen-bond donors (Lipinski definition) is 0. The highest BCUT2D eigenvalue weighted by Gasteiger charge is 2.29. The first-order valence-electron chi connectivity index (χ1n) is 12.3. The maximum Gasteiger partial charge on any atom is 0.384 e. The van der Waals surface area contributed by atoms with E-state index in [0.29, 0.717) is 0 Å². The van der Waals surface area contributed by atoms with Gasteiger partial charge < -0.3 is 9.05 Å². The zero-order valence-electron chi connectivity index (χ0n) is 24.2. The molecule has 0 saturated heterocycles. The molecule has 0 aliphatic rings.